The molecule has 0 aliphatic carbocycles. The molecule has 4 nitrogen and oxygen atoms in total. The molecule has 0 amide bonds. The van der Waals surface area contributed by atoms with Crippen LogP contribution < -0.4 is 0 Å². The van der Waals surface area contributed by atoms with Crippen LogP contribution in [-0.4, -0.2) is 19.9 Å². The Balaban J connectivity index is 2.72. The first-order valence-electron chi connectivity index (χ1n) is 4.46. The number of aromatic nitrogens is 3. The molecule has 90 valence electrons. The van der Waals surface area contributed by atoms with Gasteiger partial charge in [0.1, 0.15) is 18.2 Å². The van der Waals surface area contributed by atoms with Gasteiger partial charge in [0.2, 0.25) is 0 Å². The lowest BCUT2D eigenvalue weighted by Crippen LogP contribution is -2.04. The Hall–Kier alpha value is -1.12. The van der Waals surface area contributed by atoms with E-state index in [1.165, 1.54) is 0 Å². The number of rotatable bonds is 2. The highest BCUT2D eigenvalue weighted by Gasteiger charge is 2.14. The molecule has 1 aromatic heterocycles. The smallest absolute Gasteiger partial charge is 0.200 e. The van der Waals surface area contributed by atoms with Gasteiger partial charge in [-0.3, -0.25) is 9.67 Å². The van der Waals surface area contributed by atoms with Gasteiger partial charge in [-0.15, -0.1) is 0 Å². The summed E-state index contributed by atoms with van der Waals surface area (Å²) in [4.78, 5) is 0. The van der Waals surface area contributed by atoms with E-state index in [1.807, 2.05) is 0 Å². The molecule has 8 heteroatoms. The second-order valence-corrected chi connectivity index (χ2v) is 4.40. The molecule has 0 atom stereocenters. The van der Waals surface area contributed by atoms with E-state index in [0.29, 0.717) is 0 Å². The van der Waals surface area contributed by atoms with Crippen molar-refractivity contribution in [3.63, 3.8) is 0 Å². The number of benzene rings is 1. The average molecular weight is 322 g/mol. The molecule has 0 aliphatic heterocycles. The molecule has 0 unspecified atom stereocenters. The molecule has 0 bridgehead atoms. The van der Waals surface area contributed by atoms with E-state index in [-0.39, 0.29) is 20.8 Å². The minimum Gasteiger partial charge on any atom is -0.388 e. The van der Waals surface area contributed by atoms with Gasteiger partial charge in [-0.1, -0.05) is 0 Å². The molecule has 2 rings (SSSR count). The lowest BCUT2D eigenvalue weighted by molar-refractivity contribution is 0.268. The predicted molar refractivity (Wildman–Crippen MR) is 62.3 cm³/mol. The first kappa shape index (κ1) is 12.3. The number of hydrogen-bond donors (Lipinski definition) is 2. The largest absolute Gasteiger partial charge is 0.388 e. The average Bonchev–Trinajstić information content (AvgIpc) is 2.65. The number of nitrogens with one attached hydrogen (secondary N) is 1. The molecule has 2 N–H and O–H groups in total. The highest BCUT2D eigenvalue weighted by atomic mass is 79.9. The van der Waals surface area contributed by atoms with Gasteiger partial charge in [0.05, 0.1) is 10.2 Å². The minimum atomic E-state index is -0.675. The van der Waals surface area contributed by atoms with Gasteiger partial charge in [-0.2, -0.15) is 5.10 Å². The SMILES string of the molecule is OCc1n[nH]c(=S)n1-c1cc(F)c(Br)cc1F. The lowest BCUT2D eigenvalue weighted by atomic mass is 10.3. The van der Waals surface area contributed by atoms with Crippen molar-refractivity contribution in [2.45, 2.75) is 6.61 Å². The van der Waals surface area contributed by atoms with Crippen molar-refractivity contribution in [1.29, 1.82) is 0 Å². The summed E-state index contributed by atoms with van der Waals surface area (Å²) in [7, 11) is 0. The normalized spacial score (nSPS) is 10.8. The van der Waals surface area contributed by atoms with Crippen LogP contribution in [0.5, 0.6) is 0 Å². The highest BCUT2D eigenvalue weighted by Crippen LogP contribution is 2.23. The third-order valence-corrected chi connectivity index (χ3v) is 3.00. The van der Waals surface area contributed by atoms with E-state index in [1.54, 1.807) is 0 Å². The van der Waals surface area contributed by atoms with Gasteiger partial charge >= 0.3 is 0 Å². The van der Waals surface area contributed by atoms with Crippen molar-refractivity contribution >= 4 is 28.1 Å². The van der Waals surface area contributed by atoms with E-state index in [9.17, 15) is 8.78 Å². The monoisotopic (exact) mass is 321 g/mol. The van der Waals surface area contributed by atoms with Crippen molar-refractivity contribution in [2.75, 3.05) is 0 Å². The molecule has 17 heavy (non-hydrogen) atoms. The van der Waals surface area contributed by atoms with E-state index in [4.69, 9.17) is 17.3 Å². The van der Waals surface area contributed by atoms with Crippen molar-refractivity contribution in [3.8, 4) is 5.69 Å². The van der Waals surface area contributed by atoms with Crippen LogP contribution in [0.3, 0.4) is 0 Å². The number of halogens is 3. The van der Waals surface area contributed by atoms with E-state index in [0.717, 1.165) is 16.7 Å². The van der Waals surface area contributed by atoms with Crippen LogP contribution in [0.15, 0.2) is 16.6 Å². The summed E-state index contributed by atoms with van der Waals surface area (Å²) < 4.78 is 28.3. The number of hydrogen-bond acceptors (Lipinski definition) is 3. The Morgan fingerprint density at radius 2 is 2.12 bits per heavy atom. The summed E-state index contributed by atoms with van der Waals surface area (Å²) in [5.41, 5.74) is -0.103. The van der Waals surface area contributed by atoms with Gasteiger partial charge in [-0.25, -0.2) is 8.78 Å². The quantitative estimate of drug-likeness (QED) is 0.660. The summed E-state index contributed by atoms with van der Waals surface area (Å²) in [5, 5.41) is 15.1. The second-order valence-electron chi connectivity index (χ2n) is 3.16. The molecule has 0 aliphatic rings. The van der Waals surface area contributed by atoms with Crippen LogP contribution in [0.1, 0.15) is 5.82 Å². The third kappa shape index (κ3) is 2.15. The van der Waals surface area contributed by atoms with Gasteiger partial charge in [0, 0.05) is 6.07 Å². The standard InChI is InChI=1S/C9H6BrF2N3OS/c10-4-1-6(12)7(2-5(4)11)15-8(3-16)13-14-9(15)17/h1-2,16H,3H2,(H,14,17). The summed E-state index contributed by atoms with van der Waals surface area (Å²) in [6.07, 6.45) is 0. The molecule has 2 aromatic rings. The van der Waals surface area contributed by atoms with Crippen LogP contribution >= 0.6 is 28.1 Å². The molecule has 0 spiro atoms. The van der Waals surface area contributed by atoms with Crippen molar-refractivity contribution in [1.82, 2.24) is 14.8 Å². The number of aliphatic hydroxyl groups is 1. The fourth-order valence-electron chi connectivity index (χ4n) is 1.37. The molecule has 0 radical (unpaired) electrons. The maximum Gasteiger partial charge on any atom is 0.200 e. The number of aromatic amines is 1. The molecule has 0 saturated carbocycles. The van der Waals surface area contributed by atoms with Gasteiger partial charge in [0.15, 0.2) is 10.6 Å². The molecule has 1 aromatic carbocycles. The van der Waals surface area contributed by atoms with Gasteiger partial charge in [0.25, 0.3) is 0 Å². The highest BCUT2D eigenvalue weighted by molar-refractivity contribution is 9.10. The van der Waals surface area contributed by atoms with Gasteiger partial charge < -0.3 is 5.11 Å². The molecule has 0 fully saturated rings. The van der Waals surface area contributed by atoms with E-state index < -0.39 is 18.2 Å². The minimum absolute atomic E-state index is 0.0133. The zero-order chi connectivity index (χ0) is 12.6. The fourth-order valence-corrected chi connectivity index (χ4v) is 1.93. The Morgan fingerprint density at radius 1 is 1.41 bits per heavy atom. The molecule has 1 heterocycles. The summed E-state index contributed by atoms with van der Waals surface area (Å²) in [6, 6.07) is 1.96. The fraction of sp³-hybridized carbons (Fsp3) is 0.111. The van der Waals surface area contributed by atoms with Crippen LogP contribution in [0.2, 0.25) is 0 Å². The number of nitrogens with zero attached hydrogens (tertiary/aromatic N) is 2. The lowest BCUT2D eigenvalue weighted by Gasteiger charge is -2.07. The Kier molecular flexibility index (Phi) is 3.36. The molecular formula is C9H6BrF2N3OS. The van der Waals surface area contributed by atoms with Gasteiger partial charge in [-0.05, 0) is 34.2 Å². The predicted octanol–water partition coefficient (Wildman–Crippen LogP) is 2.46. The Morgan fingerprint density at radius 3 is 2.76 bits per heavy atom. The first-order chi connectivity index (χ1) is 8.04. The van der Waals surface area contributed by atoms with Crippen LogP contribution in [0.25, 0.3) is 5.69 Å². The maximum absolute atomic E-state index is 13.7. The summed E-state index contributed by atoms with van der Waals surface area (Å²) in [5.74, 6) is -1.20. The summed E-state index contributed by atoms with van der Waals surface area (Å²) >= 11 is 7.76. The Bertz CT molecular complexity index is 625. The van der Waals surface area contributed by atoms with E-state index >= 15 is 0 Å². The summed E-state index contributed by atoms with van der Waals surface area (Å²) in [6.45, 7) is -0.440. The first-order valence-corrected chi connectivity index (χ1v) is 5.66. The van der Waals surface area contributed by atoms with Crippen molar-refractivity contribution < 1.29 is 13.9 Å². The number of H-pyrrole nitrogens is 1. The van der Waals surface area contributed by atoms with E-state index in [2.05, 4.69) is 26.1 Å². The zero-order valence-electron chi connectivity index (χ0n) is 8.25. The third-order valence-electron chi connectivity index (χ3n) is 2.11. The second kappa shape index (κ2) is 4.63. The topological polar surface area (TPSA) is 53.8 Å². The van der Waals surface area contributed by atoms with Crippen LogP contribution in [0.4, 0.5) is 8.78 Å². The zero-order valence-corrected chi connectivity index (χ0v) is 10.6. The Labute approximate surface area is 108 Å². The maximum atomic E-state index is 13.7. The molecule has 0 saturated heterocycles. The van der Waals surface area contributed by atoms with Crippen LogP contribution in [0, 0.1) is 16.4 Å². The van der Waals surface area contributed by atoms with Crippen molar-refractivity contribution in [3.05, 3.63) is 38.8 Å². The molecular weight excluding hydrogens is 316 g/mol. The number of aliphatic hydroxyl groups excluding tert-OH is 1. The van der Waals surface area contributed by atoms with Crippen LogP contribution in [-0.2, 0) is 6.61 Å². The van der Waals surface area contributed by atoms with Crippen molar-refractivity contribution in [2.24, 2.45) is 0 Å².